The predicted molar refractivity (Wildman–Crippen MR) is 81.7 cm³/mol. The van der Waals surface area contributed by atoms with Crippen LogP contribution in [0.2, 0.25) is 5.54 Å². The molecular weight excluding hydrogens is 280 g/mol. The molecule has 3 aliphatic carbocycles. The summed E-state index contributed by atoms with van der Waals surface area (Å²) in [4.78, 5) is 0. The summed E-state index contributed by atoms with van der Waals surface area (Å²) in [6.07, 6.45) is 14.2. The molecule has 116 valence electrons. The minimum absolute atomic E-state index is 0.183. The quantitative estimate of drug-likeness (QED) is 0.577. The fourth-order valence-electron chi connectivity index (χ4n) is 5.56. The summed E-state index contributed by atoms with van der Waals surface area (Å²) in [6, 6.07) is 0. The van der Waals surface area contributed by atoms with Crippen molar-refractivity contribution in [3.05, 3.63) is 12.2 Å². The van der Waals surface area contributed by atoms with E-state index in [-0.39, 0.29) is 5.41 Å². The summed E-state index contributed by atoms with van der Waals surface area (Å²) in [7, 11) is -2.37. The Bertz CT molecular complexity index is 432. The zero-order valence-corrected chi connectivity index (χ0v) is 13.8. The number of allylic oxidation sites excluding steroid dienone is 2. The highest BCUT2D eigenvalue weighted by atomic mass is 28.4. The van der Waals surface area contributed by atoms with Crippen molar-refractivity contribution in [1.82, 2.24) is 0 Å². The van der Waals surface area contributed by atoms with Gasteiger partial charge >= 0.3 is 8.80 Å². The molecule has 0 aromatic heterocycles. The number of hydrogen-bond donors (Lipinski definition) is 0. The van der Waals surface area contributed by atoms with Crippen LogP contribution in [-0.2, 0) is 13.3 Å². The van der Waals surface area contributed by atoms with E-state index >= 15 is 0 Å². The van der Waals surface area contributed by atoms with Gasteiger partial charge in [0, 0.05) is 30.8 Å². The maximum absolute atomic E-state index is 6.42. The van der Waals surface area contributed by atoms with E-state index in [1.807, 2.05) is 0 Å². The molecule has 2 saturated carbocycles. The first-order chi connectivity index (χ1) is 10.3. The second-order valence-corrected chi connectivity index (χ2v) is 10.9. The van der Waals surface area contributed by atoms with Crippen LogP contribution in [0.15, 0.2) is 12.2 Å². The average Bonchev–Trinajstić information content (AvgIpc) is 3.21. The minimum atomic E-state index is -2.37. The molecule has 0 spiro atoms. The van der Waals surface area contributed by atoms with E-state index in [1.165, 1.54) is 44.9 Å². The van der Waals surface area contributed by atoms with Crippen LogP contribution in [-0.4, -0.2) is 28.6 Å². The van der Waals surface area contributed by atoms with Crippen LogP contribution in [0.1, 0.15) is 44.9 Å². The van der Waals surface area contributed by atoms with E-state index in [0.717, 1.165) is 31.7 Å². The Labute approximate surface area is 128 Å². The highest BCUT2D eigenvalue weighted by molar-refractivity contribution is 6.63. The fraction of sp³-hybridized carbons (Fsp3) is 0.882. The van der Waals surface area contributed by atoms with Gasteiger partial charge in [0.25, 0.3) is 0 Å². The van der Waals surface area contributed by atoms with Crippen LogP contribution >= 0.6 is 0 Å². The summed E-state index contributed by atoms with van der Waals surface area (Å²) in [5.41, 5.74) is 0.736. The molecule has 21 heavy (non-hydrogen) atoms. The molecule has 4 heteroatoms. The first-order valence-corrected chi connectivity index (χ1v) is 10.7. The molecule has 0 N–H and O–H groups in total. The van der Waals surface area contributed by atoms with Gasteiger partial charge in [-0.3, -0.25) is 0 Å². The lowest BCUT2D eigenvalue weighted by Gasteiger charge is -2.56. The molecule has 3 nitrogen and oxygen atoms in total. The molecule has 4 bridgehead atoms. The van der Waals surface area contributed by atoms with Crippen LogP contribution in [0.3, 0.4) is 0 Å². The van der Waals surface area contributed by atoms with Gasteiger partial charge in [0.05, 0.1) is 0 Å². The summed E-state index contributed by atoms with van der Waals surface area (Å²) in [6.45, 7) is 2.75. The Morgan fingerprint density at radius 3 is 2.14 bits per heavy atom. The third-order valence-electron chi connectivity index (χ3n) is 6.89. The Morgan fingerprint density at radius 2 is 1.57 bits per heavy atom. The molecule has 6 aliphatic rings. The standard InChI is InChI=1S/C17H26O3Si/c1-2-4-15(5-3-1)17-10-18-21(19-11-17,20-12-17)16-9-13-6-7-14(16)8-13/h6-7,13-16H,1-5,8-12H2. The van der Waals surface area contributed by atoms with Crippen LogP contribution in [0.5, 0.6) is 0 Å². The van der Waals surface area contributed by atoms with Gasteiger partial charge in [0.15, 0.2) is 0 Å². The lowest BCUT2D eigenvalue weighted by Crippen LogP contribution is -2.68. The molecule has 0 amide bonds. The third-order valence-corrected chi connectivity index (χ3v) is 10.1. The van der Waals surface area contributed by atoms with Crippen LogP contribution < -0.4 is 0 Å². The number of rotatable bonds is 2. The Hall–Kier alpha value is -0.163. The van der Waals surface area contributed by atoms with Crippen molar-refractivity contribution in [2.45, 2.75) is 50.5 Å². The molecule has 6 rings (SSSR count). The monoisotopic (exact) mass is 306 g/mol. The molecule has 0 radical (unpaired) electrons. The van der Waals surface area contributed by atoms with Gasteiger partial charge in [0.2, 0.25) is 0 Å². The topological polar surface area (TPSA) is 27.7 Å². The molecule has 0 aromatic rings. The maximum atomic E-state index is 6.42. The van der Waals surface area contributed by atoms with Crippen LogP contribution in [0.25, 0.3) is 0 Å². The molecule has 3 saturated heterocycles. The van der Waals surface area contributed by atoms with Gasteiger partial charge in [0.1, 0.15) is 0 Å². The third kappa shape index (κ3) is 1.89. The molecule has 3 aliphatic heterocycles. The van der Waals surface area contributed by atoms with Crippen LogP contribution in [0.4, 0.5) is 0 Å². The van der Waals surface area contributed by atoms with Gasteiger partial charge in [-0.05, 0) is 43.4 Å². The molecule has 0 aromatic carbocycles. The van der Waals surface area contributed by atoms with Crippen molar-refractivity contribution < 1.29 is 13.3 Å². The van der Waals surface area contributed by atoms with Gasteiger partial charge in [-0.1, -0.05) is 31.4 Å². The molecule has 3 heterocycles. The molecule has 3 unspecified atom stereocenters. The van der Waals surface area contributed by atoms with Crippen molar-refractivity contribution >= 4 is 8.80 Å². The smallest absolute Gasteiger partial charge is 0.373 e. The van der Waals surface area contributed by atoms with E-state index in [9.17, 15) is 0 Å². The average molecular weight is 306 g/mol. The fourth-order valence-corrected chi connectivity index (χ4v) is 9.28. The second kappa shape index (κ2) is 4.67. The first-order valence-electron chi connectivity index (χ1n) is 8.90. The zero-order chi connectivity index (χ0) is 13.9. The molecule has 3 atom stereocenters. The van der Waals surface area contributed by atoms with E-state index in [1.54, 1.807) is 0 Å². The van der Waals surface area contributed by atoms with Crippen molar-refractivity contribution in [1.29, 1.82) is 0 Å². The van der Waals surface area contributed by atoms with E-state index < -0.39 is 8.80 Å². The summed E-state index contributed by atoms with van der Waals surface area (Å²) in [5, 5.41) is 0. The van der Waals surface area contributed by atoms with Crippen molar-refractivity contribution in [2.75, 3.05) is 19.8 Å². The molecular formula is C17H26O3Si. The van der Waals surface area contributed by atoms with Gasteiger partial charge in [-0.25, -0.2) is 0 Å². The predicted octanol–water partition coefficient (Wildman–Crippen LogP) is 3.54. The van der Waals surface area contributed by atoms with Gasteiger partial charge < -0.3 is 13.3 Å². The summed E-state index contributed by atoms with van der Waals surface area (Å²) >= 11 is 0. The minimum Gasteiger partial charge on any atom is -0.373 e. The Morgan fingerprint density at radius 1 is 0.857 bits per heavy atom. The number of hydrogen-bond acceptors (Lipinski definition) is 3. The highest BCUT2D eigenvalue weighted by Crippen LogP contribution is 2.57. The normalized spacial score (nSPS) is 52.7. The maximum Gasteiger partial charge on any atom is 0.504 e. The second-order valence-electron chi connectivity index (χ2n) is 8.05. The van der Waals surface area contributed by atoms with E-state index in [4.69, 9.17) is 13.3 Å². The largest absolute Gasteiger partial charge is 0.504 e. The Balaban J connectivity index is 1.34. The summed E-state index contributed by atoms with van der Waals surface area (Å²) in [5.74, 6) is 2.20. The first kappa shape index (κ1) is 13.3. The van der Waals surface area contributed by atoms with Crippen LogP contribution in [0, 0.1) is 23.2 Å². The summed E-state index contributed by atoms with van der Waals surface area (Å²) < 4.78 is 19.3. The molecule has 5 fully saturated rings. The van der Waals surface area contributed by atoms with Crippen molar-refractivity contribution in [3.8, 4) is 0 Å². The number of fused-ring (bicyclic) bond motifs is 5. The SMILES string of the molecule is C1=CC2CC1CC2[Si]12OCC(C3CCCCC3)(CO1)CO2. The Kier molecular flexibility index (Phi) is 2.95. The van der Waals surface area contributed by atoms with Gasteiger partial charge in [-0.2, -0.15) is 0 Å². The lowest BCUT2D eigenvalue weighted by atomic mass is 9.70. The van der Waals surface area contributed by atoms with Crippen molar-refractivity contribution in [3.63, 3.8) is 0 Å². The highest BCUT2D eigenvalue weighted by Gasteiger charge is 2.65. The van der Waals surface area contributed by atoms with E-state index in [2.05, 4.69) is 12.2 Å². The zero-order valence-electron chi connectivity index (χ0n) is 12.8. The van der Waals surface area contributed by atoms with Crippen molar-refractivity contribution in [2.24, 2.45) is 23.2 Å². The lowest BCUT2D eigenvalue weighted by molar-refractivity contribution is -0.169. The van der Waals surface area contributed by atoms with E-state index in [0.29, 0.717) is 11.5 Å². The van der Waals surface area contributed by atoms with Gasteiger partial charge in [-0.15, -0.1) is 0 Å².